The molecule has 0 spiro atoms. The van der Waals surface area contributed by atoms with Gasteiger partial charge in [0.05, 0.1) is 0 Å². The number of aryl methyl sites for hydroxylation is 3. The standard InChI is InChI=1S/C44H56/c1-11-16-36(12-2)19-20-37-21-23-40(33(6)27-37)41(35(8)39-18-14-13-17-32(39)5)29-43(9)25-15-26-44(10,30-43)42-24-22-38(31(3)4)28-34(42)7/h11-14,16-24,27-28,31,41H,8,15,25-26,29-30H2,1-7,9-10H3/b16-11-,20-19+,36-12+. The lowest BCUT2D eigenvalue weighted by Gasteiger charge is -2.47. The van der Waals surface area contributed by atoms with E-state index in [2.05, 4.69) is 153 Å². The van der Waals surface area contributed by atoms with Crippen LogP contribution in [-0.4, -0.2) is 0 Å². The SMILES string of the molecule is C=C(c1ccccc1C)C(CC1(C)CCCC(C)(c2ccc(C(C)C)cc2C)C1)c1ccc(/C=C/C(/C=C\C)=C/C)cc1C. The zero-order chi connectivity index (χ0) is 32.1. The third-order valence-corrected chi connectivity index (χ3v) is 10.3. The summed E-state index contributed by atoms with van der Waals surface area (Å²) >= 11 is 0. The molecule has 1 saturated carbocycles. The van der Waals surface area contributed by atoms with Crippen LogP contribution in [0.5, 0.6) is 0 Å². The van der Waals surface area contributed by atoms with E-state index in [1.165, 1.54) is 75.8 Å². The fourth-order valence-corrected chi connectivity index (χ4v) is 8.01. The summed E-state index contributed by atoms with van der Waals surface area (Å²) in [6, 6.07) is 23.1. The summed E-state index contributed by atoms with van der Waals surface area (Å²) in [7, 11) is 0. The van der Waals surface area contributed by atoms with Gasteiger partial charge in [-0.3, -0.25) is 0 Å². The Bertz CT molecular complexity index is 1560. The van der Waals surface area contributed by atoms with Crippen molar-refractivity contribution in [3.63, 3.8) is 0 Å². The van der Waals surface area contributed by atoms with Crippen LogP contribution in [0.15, 0.2) is 97.1 Å². The first kappa shape index (κ1) is 33.5. The van der Waals surface area contributed by atoms with E-state index in [0.717, 1.165) is 6.42 Å². The molecule has 0 N–H and O–H groups in total. The zero-order valence-corrected chi connectivity index (χ0v) is 29.1. The van der Waals surface area contributed by atoms with Crippen molar-refractivity contribution < 1.29 is 0 Å². The molecule has 0 amide bonds. The van der Waals surface area contributed by atoms with Crippen LogP contribution in [0, 0.1) is 26.2 Å². The Kier molecular flexibility index (Phi) is 10.8. The lowest BCUT2D eigenvalue weighted by molar-refractivity contribution is 0.125. The first-order valence-corrected chi connectivity index (χ1v) is 16.8. The molecule has 0 bridgehead atoms. The average Bonchev–Trinajstić information content (AvgIpc) is 2.98. The third kappa shape index (κ3) is 7.63. The highest BCUT2D eigenvalue weighted by Crippen LogP contribution is 2.54. The van der Waals surface area contributed by atoms with Gasteiger partial charge in [0.15, 0.2) is 0 Å². The molecule has 3 atom stereocenters. The van der Waals surface area contributed by atoms with Gasteiger partial charge in [0, 0.05) is 5.92 Å². The Balaban J connectivity index is 1.71. The second-order valence-corrected chi connectivity index (χ2v) is 14.5. The maximum atomic E-state index is 4.82. The second kappa shape index (κ2) is 14.2. The van der Waals surface area contributed by atoms with Crippen LogP contribution >= 0.6 is 0 Å². The lowest BCUT2D eigenvalue weighted by Crippen LogP contribution is -2.37. The van der Waals surface area contributed by atoms with Gasteiger partial charge in [0.25, 0.3) is 0 Å². The lowest BCUT2D eigenvalue weighted by atomic mass is 9.57. The summed E-state index contributed by atoms with van der Waals surface area (Å²) in [6.45, 7) is 25.5. The molecule has 3 aromatic carbocycles. The Labute approximate surface area is 269 Å². The number of allylic oxidation sites excluding steroid dienone is 6. The van der Waals surface area contributed by atoms with Gasteiger partial charge in [-0.2, -0.15) is 0 Å². The fourth-order valence-electron chi connectivity index (χ4n) is 8.01. The van der Waals surface area contributed by atoms with Crippen LogP contribution in [0.4, 0.5) is 0 Å². The molecule has 232 valence electrons. The van der Waals surface area contributed by atoms with Gasteiger partial charge in [-0.1, -0.05) is 132 Å². The van der Waals surface area contributed by atoms with Gasteiger partial charge in [-0.15, -0.1) is 0 Å². The van der Waals surface area contributed by atoms with Gasteiger partial charge < -0.3 is 0 Å². The van der Waals surface area contributed by atoms with Crippen molar-refractivity contribution in [3.05, 3.63) is 142 Å². The Hall–Kier alpha value is -3.38. The zero-order valence-electron chi connectivity index (χ0n) is 29.1. The molecule has 0 aliphatic heterocycles. The van der Waals surface area contributed by atoms with E-state index in [-0.39, 0.29) is 16.7 Å². The van der Waals surface area contributed by atoms with Gasteiger partial charge in [-0.05, 0) is 133 Å². The maximum absolute atomic E-state index is 4.82. The number of rotatable bonds is 10. The van der Waals surface area contributed by atoms with Crippen molar-refractivity contribution in [3.8, 4) is 0 Å². The van der Waals surface area contributed by atoms with Gasteiger partial charge in [0.2, 0.25) is 0 Å². The van der Waals surface area contributed by atoms with Crippen LogP contribution in [0.25, 0.3) is 11.6 Å². The predicted octanol–water partition coefficient (Wildman–Crippen LogP) is 13.0. The van der Waals surface area contributed by atoms with Crippen LogP contribution in [-0.2, 0) is 5.41 Å². The summed E-state index contributed by atoms with van der Waals surface area (Å²) in [5, 5.41) is 0. The molecule has 1 aliphatic rings. The number of hydrogen-bond donors (Lipinski definition) is 0. The van der Waals surface area contributed by atoms with Crippen LogP contribution in [0.1, 0.15) is 130 Å². The highest BCUT2D eigenvalue weighted by Gasteiger charge is 2.42. The number of hydrogen-bond acceptors (Lipinski definition) is 0. The summed E-state index contributed by atoms with van der Waals surface area (Å²) in [4.78, 5) is 0. The largest absolute Gasteiger partial charge is 0.0946 e. The van der Waals surface area contributed by atoms with Crippen molar-refractivity contribution in [2.75, 3.05) is 0 Å². The first-order chi connectivity index (χ1) is 20.9. The summed E-state index contributed by atoms with van der Waals surface area (Å²) in [5.74, 6) is 0.823. The minimum Gasteiger partial charge on any atom is -0.0946 e. The average molecular weight is 585 g/mol. The summed E-state index contributed by atoms with van der Waals surface area (Å²) < 4.78 is 0. The van der Waals surface area contributed by atoms with E-state index in [1.807, 2.05) is 0 Å². The number of benzene rings is 3. The van der Waals surface area contributed by atoms with Crippen molar-refractivity contribution in [2.45, 2.75) is 112 Å². The third-order valence-electron chi connectivity index (χ3n) is 10.3. The molecule has 0 nitrogen and oxygen atoms in total. The molecule has 3 unspecified atom stereocenters. The summed E-state index contributed by atoms with van der Waals surface area (Å²) in [5.41, 5.74) is 13.9. The maximum Gasteiger partial charge on any atom is 0.00973 e. The normalized spacial score (nSPS) is 21.8. The van der Waals surface area contributed by atoms with Crippen LogP contribution < -0.4 is 0 Å². The van der Waals surface area contributed by atoms with Crippen molar-refractivity contribution in [1.82, 2.24) is 0 Å². The van der Waals surface area contributed by atoms with E-state index < -0.39 is 0 Å². The highest BCUT2D eigenvalue weighted by molar-refractivity contribution is 5.73. The van der Waals surface area contributed by atoms with E-state index in [9.17, 15) is 0 Å². The van der Waals surface area contributed by atoms with Crippen molar-refractivity contribution >= 4 is 11.6 Å². The molecule has 1 fully saturated rings. The van der Waals surface area contributed by atoms with Crippen molar-refractivity contribution in [2.24, 2.45) is 5.41 Å². The van der Waals surface area contributed by atoms with E-state index in [1.54, 1.807) is 5.56 Å². The smallest absolute Gasteiger partial charge is 0.00973 e. The van der Waals surface area contributed by atoms with Crippen LogP contribution in [0.2, 0.25) is 0 Å². The van der Waals surface area contributed by atoms with Gasteiger partial charge in [0.1, 0.15) is 0 Å². The fraction of sp³-hybridized carbons (Fsp3) is 0.409. The Morgan fingerprint density at radius 3 is 2.25 bits per heavy atom. The molecule has 1 aliphatic carbocycles. The van der Waals surface area contributed by atoms with E-state index in [0.29, 0.717) is 5.92 Å². The molecule has 0 radical (unpaired) electrons. The molecular weight excluding hydrogens is 528 g/mol. The molecule has 0 aromatic heterocycles. The highest BCUT2D eigenvalue weighted by atomic mass is 14.5. The molecule has 3 aromatic rings. The summed E-state index contributed by atoms with van der Waals surface area (Å²) in [6.07, 6.45) is 16.9. The Morgan fingerprint density at radius 2 is 1.61 bits per heavy atom. The topological polar surface area (TPSA) is 0 Å². The second-order valence-electron chi connectivity index (χ2n) is 14.5. The quantitative estimate of drug-likeness (QED) is 0.208. The molecule has 4 rings (SSSR count). The minimum atomic E-state index is 0.183. The first-order valence-electron chi connectivity index (χ1n) is 16.8. The van der Waals surface area contributed by atoms with Gasteiger partial charge >= 0.3 is 0 Å². The predicted molar refractivity (Wildman–Crippen MR) is 196 cm³/mol. The molecule has 0 heterocycles. The van der Waals surface area contributed by atoms with E-state index >= 15 is 0 Å². The van der Waals surface area contributed by atoms with Crippen LogP contribution in [0.3, 0.4) is 0 Å². The molecular formula is C44H56. The molecule has 0 saturated heterocycles. The van der Waals surface area contributed by atoms with Gasteiger partial charge in [-0.25, -0.2) is 0 Å². The minimum absolute atomic E-state index is 0.183. The van der Waals surface area contributed by atoms with Crippen molar-refractivity contribution in [1.29, 1.82) is 0 Å². The van der Waals surface area contributed by atoms with E-state index in [4.69, 9.17) is 6.58 Å². The Morgan fingerprint density at radius 1 is 0.864 bits per heavy atom. The monoisotopic (exact) mass is 584 g/mol. The molecule has 44 heavy (non-hydrogen) atoms. The molecule has 0 heteroatoms.